The number of rotatable bonds is 7. The third-order valence-electron chi connectivity index (χ3n) is 2.45. The lowest BCUT2D eigenvalue weighted by atomic mass is 10.1. The lowest BCUT2D eigenvalue weighted by Gasteiger charge is -2.14. The lowest BCUT2D eigenvalue weighted by Crippen LogP contribution is -2.46. The van der Waals surface area contributed by atoms with Gasteiger partial charge in [-0.3, -0.25) is 9.78 Å². The second kappa shape index (κ2) is 7.72. The van der Waals surface area contributed by atoms with Crippen molar-refractivity contribution in [3.05, 3.63) is 30.1 Å². The van der Waals surface area contributed by atoms with Crippen molar-refractivity contribution in [2.75, 3.05) is 0 Å². The summed E-state index contributed by atoms with van der Waals surface area (Å²) < 4.78 is 0. The second-order valence-electron chi connectivity index (χ2n) is 4.01. The summed E-state index contributed by atoms with van der Waals surface area (Å²) in [5.41, 5.74) is 0.813. The van der Waals surface area contributed by atoms with Crippen molar-refractivity contribution in [3.63, 3.8) is 0 Å². The Balaban J connectivity index is 2.41. The zero-order chi connectivity index (χ0) is 15.0. The van der Waals surface area contributed by atoms with Gasteiger partial charge in [0.2, 0.25) is 0 Å². The maximum atomic E-state index is 11.5. The summed E-state index contributed by atoms with van der Waals surface area (Å²) in [6, 6.07) is 1.52. The number of carbonyl (C=O) groups is 3. The van der Waals surface area contributed by atoms with Gasteiger partial charge in [0.05, 0.1) is 0 Å². The molecule has 1 aromatic rings. The van der Waals surface area contributed by atoms with Crippen LogP contribution >= 0.6 is 0 Å². The molecule has 0 spiro atoms. The number of urea groups is 1. The maximum absolute atomic E-state index is 11.5. The van der Waals surface area contributed by atoms with Gasteiger partial charge in [0.25, 0.3) is 0 Å². The van der Waals surface area contributed by atoms with E-state index in [0.717, 1.165) is 5.56 Å². The van der Waals surface area contributed by atoms with E-state index < -0.39 is 24.0 Å². The number of nitrogens with zero attached hydrogens (tertiary/aromatic N) is 1. The Hall–Kier alpha value is -2.64. The molecule has 108 valence electrons. The van der Waals surface area contributed by atoms with Crippen molar-refractivity contribution in [2.45, 2.75) is 25.4 Å². The number of nitrogens with one attached hydrogen (secondary N) is 2. The van der Waals surface area contributed by atoms with E-state index in [1.165, 1.54) is 0 Å². The minimum Gasteiger partial charge on any atom is -0.481 e. The Bertz CT molecular complexity index is 477. The third-order valence-corrected chi connectivity index (χ3v) is 2.45. The first-order chi connectivity index (χ1) is 9.49. The van der Waals surface area contributed by atoms with Crippen LogP contribution in [0.15, 0.2) is 24.5 Å². The SMILES string of the molecule is O=C(O)CCC(NC(=O)NCc1ccncc1)C(=O)O. The number of aliphatic carboxylic acids is 2. The highest BCUT2D eigenvalue weighted by atomic mass is 16.4. The highest BCUT2D eigenvalue weighted by Gasteiger charge is 2.20. The van der Waals surface area contributed by atoms with E-state index in [1.807, 2.05) is 0 Å². The molecule has 0 radical (unpaired) electrons. The molecule has 8 heteroatoms. The van der Waals surface area contributed by atoms with E-state index in [2.05, 4.69) is 15.6 Å². The van der Waals surface area contributed by atoms with Gasteiger partial charge in [-0.1, -0.05) is 0 Å². The van der Waals surface area contributed by atoms with E-state index >= 15 is 0 Å². The fourth-order valence-corrected chi connectivity index (χ4v) is 1.42. The molecule has 0 bridgehead atoms. The van der Waals surface area contributed by atoms with Gasteiger partial charge >= 0.3 is 18.0 Å². The Morgan fingerprint density at radius 2 is 1.85 bits per heavy atom. The van der Waals surface area contributed by atoms with Crippen LogP contribution in [0.25, 0.3) is 0 Å². The Labute approximate surface area is 114 Å². The monoisotopic (exact) mass is 281 g/mol. The molecule has 1 heterocycles. The van der Waals surface area contributed by atoms with Crippen LogP contribution in [-0.2, 0) is 16.1 Å². The quantitative estimate of drug-likeness (QED) is 0.565. The van der Waals surface area contributed by atoms with Crippen molar-refractivity contribution in [2.24, 2.45) is 0 Å². The van der Waals surface area contributed by atoms with Crippen molar-refractivity contribution >= 4 is 18.0 Å². The fourth-order valence-electron chi connectivity index (χ4n) is 1.42. The van der Waals surface area contributed by atoms with Crippen LogP contribution in [0.4, 0.5) is 4.79 Å². The molecule has 1 atom stereocenters. The van der Waals surface area contributed by atoms with Crippen LogP contribution in [0.5, 0.6) is 0 Å². The fraction of sp³-hybridized carbons (Fsp3) is 0.333. The predicted octanol–water partition coefficient (Wildman–Crippen LogP) is 0.199. The average Bonchev–Trinajstić information content (AvgIpc) is 2.41. The molecule has 1 aromatic heterocycles. The van der Waals surface area contributed by atoms with Gasteiger partial charge in [-0.25, -0.2) is 9.59 Å². The van der Waals surface area contributed by atoms with Gasteiger partial charge in [-0.15, -0.1) is 0 Å². The molecule has 2 amide bonds. The van der Waals surface area contributed by atoms with Crippen LogP contribution in [0.3, 0.4) is 0 Å². The number of hydrogen-bond donors (Lipinski definition) is 4. The topological polar surface area (TPSA) is 129 Å². The summed E-state index contributed by atoms with van der Waals surface area (Å²) in [6.07, 6.45) is 2.64. The molecule has 0 aliphatic heterocycles. The summed E-state index contributed by atoms with van der Waals surface area (Å²) >= 11 is 0. The first-order valence-electron chi connectivity index (χ1n) is 5.87. The van der Waals surface area contributed by atoms with Crippen LogP contribution in [0.1, 0.15) is 18.4 Å². The van der Waals surface area contributed by atoms with Crippen LogP contribution in [0, 0.1) is 0 Å². The number of carboxylic acids is 2. The van der Waals surface area contributed by atoms with E-state index in [0.29, 0.717) is 0 Å². The minimum absolute atomic E-state index is 0.173. The largest absolute Gasteiger partial charge is 0.481 e. The van der Waals surface area contributed by atoms with E-state index in [4.69, 9.17) is 10.2 Å². The van der Waals surface area contributed by atoms with Crippen molar-refractivity contribution in [3.8, 4) is 0 Å². The van der Waals surface area contributed by atoms with Crippen LogP contribution in [-0.4, -0.2) is 39.2 Å². The number of aromatic nitrogens is 1. The van der Waals surface area contributed by atoms with Crippen LogP contribution in [0.2, 0.25) is 0 Å². The second-order valence-corrected chi connectivity index (χ2v) is 4.01. The zero-order valence-electron chi connectivity index (χ0n) is 10.6. The Kier molecular flexibility index (Phi) is 5.95. The van der Waals surface area contributed by atoms with Gasteiger partial charge in [-0.2, -0.15) is 0 Å². The van der Waals surface area contributed by atoms with Gasteiger partial charge in [0.1, 0.15) is 6.04 Å². The standard InChI is InChI=1S/C12H15N3O5/c16-10(17)2-1-9(11(18)19)15-12(20)14-7-8-3-5-13-6-4-8/h3-6,9H,1-2,7H2,(H,16,17)(H,18,19)(H2,14,15,20). The highest BCUT2D eigenvalue weighted by Crippen LogP contribution is 1.99. The van der Waals surface area contributed by atoms with Gasteiger partial charge in [0.15, 0.2) is 0 Å². The Morgan fingerprint density at radius 3 is 2.40 bits per heavy atom. The first kappa shape index (κ1) is 15.4. The molecule has 4 N–H and O–H groups in total. The summed E-state index contributed by atoms with van der Waals surface area (Å²) in [4.78, 5) is 36.6. The summed E-state index contributed by atoms with van der Waals surface area (Å²) in [5, 5.41) is 22.1. The molecule has 8 nitrogen and oxygen atoms in total. The number of pyridine rings is 1. The molecule has 0 saturated carbocycles. The third kappa shape index (κ3) is 5.80. The van der Waals surface area contributed by atoms with Gasteiger partial charge < -0.3 is 20.8 Å². The minimum atomic E-state index is -1.27. The predicted molar refractivity (Wildman–Crippen MR) is 67.9 cm³/mol. The molecule has 1 unspecified atom stereocenters. The molecule has 0 aromatic carbocycles. The van der Waals surface area contributed by atoms with Crippen molar-refractivity contribution < 1.29 is 24.6 Å². The molecule has 1 rings (SSSR count). The number of carboxylic acid groups (broad SMARTS) is 2. The average molecular weight is 281 g/mol. The van der Waals surface area contributed by atoms with E-state index in [-0.39, 0.29) is 19.4 Å². The molecular formula is C12H15N3O5. The number of carbonyl (C=O) groups excluding carboxylic acids is 1. The molecule has 0 aliphatic rings. The van der Waals surface area contributed by atoms with Gasteiger partial charge in [0, 0.05) is 25.4 Å². The molecule has 0 aliphatic carbocycles. The normalized spacial score (nSPS) is 11.4. The number of amides is 2. The first-order valence-corrected chi connectivity index (χ1v) is 5.87. The molecule has 20 heavy (non-hydrogen) atoms. The lowest BCUT2D eigenvalue weighted by molar-refractivity contribution is -0.140. The molecular weight excluding hydrogens is 266 g/mol. The molecule has 0 saturated heterocycles. The highest BCUT2D eigenvalue weighted by molar-refractivity contribution is 5.82. The smallest absolute Gasteiger partial charge is 0.326 e. The van der Waals surface area contributed by atoms with Crippen molar-refractivity contribution in [1.82, 2.24) is 15.6 Å². The summed E-state index contributed by atoms with van der Waals surface area (Å²) in [7, 11) is 0. The van der Waals surface area contributed by atoms with E-state index in [1.54, 1.807) is 24.5 Å². The summed E-state index contributed by atoms with van der Waals surface area (Å²) in [5.74, 6) is -2.39. The molecule has 0 fully saturated rings. The Morgan fingerprint density at radius 1 is 1.20 bits per heavy atom. The summed E-state index contributed by atoms with van der Waals surface area (Å²) in [6.45, 7) is 0.222. The van der Waals surface area contributed by atoms with Gasteiger partial charge in [-0.05, 0) is 24.1 Å². The zero-order valence-corrected chi connectivity index (χ0v) is 10.6. The maximum Gasteiger partial charge on any atom is 0.326 e. The number of hydrogen-bond acceptors (Lipinski definition) is 4. The van der Waals surface area contributed by atoms with E-state index in [9.17, 15) is 14.4 Å². The van der Waals surface area contributed by atoms with Crippen molar-refractivity contribution in [1.29, 1.82) is 0 Å². The van der Waals surface area contributed by atoms with Crippen LogP contribution < -0.4 is 10.6 Å².